The van der Waals surface area contributed by atoms with Crippen LogP contribution in [0, 0.1) is 12.8 Å². The van der Waals surface area contributed by atoms with E-state index in [-0.39, 0.29) is 6.04 Å². The molecule has 1 unspecified atom stereocenters. The third kappa shape index (κ3) is 5.47. The Labute approximate surface area is 155 Å². The first kappa shape index (κ1) is 19.8. The van der Waals surface area contributed by atoms with Crippen LogP contribution in [-0.2, 0) is 13.6 Å². The number of guanidine groups is 1. The average molecular weight is 358 g/mol. The van der Waals surface area contributed by atoms with Crippen LogP contribution in [0.3, 0.4) is 0 Å². The lowest BCUT2D eigenvalue weighted by atomic mass is 10.1. The average Bonchev–Trinajstić information content (AvgIpc) is 2.95. The van der Waals surface area contributed by atoms with Crippen LogP contribution < -0.4 is 15.4 Å². The molecule has 0 spiro atoms. The van der Waals surface area contributed by atoms with Crippen LogP contribution in [0.4, 0.5) is 0 Å². The van der Waals surface area contributed by atoms with E-state index in [9.17, 15) is 0 Å². The molecule has 26 heavy (non-hydrogen) atoms. The summed E-state index contributed by atoms with van der Waals surface area (Å²) in [5.74, 6) is 3.89. The molecule has 2 aromatic rings. The standard InChI is InChI=1S/C19H30N6O/c1-13(2)12-26-17-9-7-16(8-10-17)14(3)22-19(20-5)21-11-18-24-23-15(4)25(18)6/h7-10,13-14H,11-12H2,1-6H3,(H2,20,21,22). The molecule has 0 aliphatic heterocycles. The predicted molar refractivity (Wildman–Crippen MR) is 104 cm³/mol. The smallest absolute Gasteiger partial charge is 0.191 e. The van der Waals surface area contributed by atoms with E-state index >= 15 is 0 Å². The number of benzene rings is 1. The summed E-state index contributed by atoms with van der Waals surface area (Å²) in [6.07, 6.45) is 0. The molecule has 2 N–H and O–H groups in total. The van der Waals surface area contributed by atoms with Crippen molar-refractivity contribution in [2.45, 2.75) is 40.3 Å². The van der Waals surface area contributed by atoms with Gasteiger partial charge < -0.3 is 19.9 Å². The molecule has 0 saturated heterocycles. The van der Waals surface area contributed by atoms with E-state index in [2.05, 4.69) is 58.7 Å². The molecular weight excluding hydrogens is 328 g/mol. The van der Waals surface area contributed by atoms with E-state index in [1.54, 1.807) is 7.05 Å². The number of rotatable bonds is 7. The fourth-order valence-electron chi connectivity index (χ4n) is 2.37. The van der Waals surface area contributed by atoms with Crippen LogP contribution in [0.5, 0.6) is 5.75 Å². The van der Waals surface area contributed by atoms with Gasteiger partial charge in [0, 0.05) is 14.1 Å². The quantitative estimate of drug-likeness (QED) is 0.588. The Bertz CT molecular complexity index is 720. The molecule has 0 aliphatic rings. The van der Waals surface area contributed by atoms with Crippen LogP contribution in [0.25, 0.3) is 0 Å². The minimum Gasteiger partial charge on any atom is -0.493 e. The van der Waals surface area contributed by atoms with E-state index in [4.69, 9.17) is 4.74 Å². The van der Waals surface area contributed by atoms with Crippen molar-refractivity contribution in [1.29, 1.82) is 0 Å². The Hall–Kier alpha value is -2.57. The highest BCUT2D eigenvalue weighted by Gasteiger charge is 2.10. The highest BCUT2D eigenvalue weighted by Crippen LogP contribution is 2.18. The van der Waals surface area contributed by atoms with E-state index < -0.39 is 0 Å². The molecule has 0 amide bonds. The number of hydrogen-bond acceptors (Lipinski definition) is 4. The molecule has 0 saturated carbocycles. The van der Waals surface area contributed by atoms with Crippen molar-refractivity contribution in [3.05, 3.63) is 41.5 Å². The Morgan fingerprint density at radius 2 is 1.88 bits per heavy atom. The zero-order valence-electron chi connectivity index (χ0n) is 16.6. The van der Waals surface area contributed by atoms with Gasteiger partial charge in [0.1, 0.15) is 11.6 Å². The summed E-state index contributed by atoms with van der Waals surface area (Å²) in [4.78, 5) is 4.28. The summed E-state index contributed by atoms with van der Waals surface area (Å²) < 4.78 is 7.69. The fraction of sp³-hybridized carbons (Fsp3) is 0.526. The SMILES string of the molecule is CN=C(NCc1nnc(C)n1C)NC(C)c1ccc(OCC(C)C)cc1. The number of hydrogen-bond donors (Lipinski definition) is 2. The fourth-order valence-corrected chi connectivity index (χ4v) is 2.37. The van der Waals surface area contributed by atoms with Crippen LogP contribution in [0.15, 0.2) is 29.3 Å². The number of nitrogens with zero attached hydrogens (tertiary/aromatic N) is 4. The number of aryl methyl sites for hydroxylation is 1. The Balaban J connectivity index is 1.90. The Morgan fingerprint density at radius 1 is 1.19 bits per heavy atom. The third-order valence-electron chi connectivity index (χ3n) is 4.14. The monoisotopic (exact) mass is 358 g/mol. The van der Waals surface area contributed by atoms with Gasteiger partial charge in [-0.3, -0.25) is 4.99 Å². The summed E-state index contributed by atoms with van der Waals surface area (Å²) in [5.41, 5.74) is 1.17. The Kier molecular flexibility index (Phi) is 7.00. The molecule has 142 valence electrons. The lowest BCUT2D eigenvalue weighted by Gasteiger charge is -2.18. The summed E-state index contributed by atoms with van der Waals surface area (Å²) in [5, 5.41) is 14.9. The summed E-state index contributed by atoms with van der Waals surface area (Å²) in [7, 11) is 3.71. The summed E-state index contributed by atoms with van der Waals surface area (Å²) in [6.45, 7) is 9.60. The van der Waals surface area contributed by atoms with Crippen molar-refractivity contribution in [2.75, 3.05) is 13.7 Å². The third-order valence-corrected chi connectivity index (χ3v) is 4.14. The molecule has 1 aromatic carbocycles. The maximum Gasteiger partial charge on any atom is 0.191 e. The number of aliphatic imine (C=N–C) groups is 1. The lowest BCUT2D eigenvalue weighted by Crippen LogP contribution is -2.38. The number of nitrogens with one attached hydrogen (secondary N) is 2. The second-order valence-corrected chi connectivity index (χ2v) is 6.79. The van der Waals surface area contributed by atoms with E-state index in [1.165, 1.54) is 5.56 Å². The van der Waals surface area contributed by atoms with E-state index in [0.29, 0.717) is 12.5 Å². The minimum absolute atomic E-state index is 0.113. The van der Waals surface area contributed by atoms with Crippen molar-refractivity contribution in [2.24, 2.45) is 18.0 Å². The van der Waals surface area contributed by atoms with Crippen molar-refractivity contribution < 1.29 is 4.74 Å². The zero-order chi connectivity index (χ0) is 19.1. The normalized spacial score (nSPS) is 13.0. The van der Waals surface area contributed by atoms with Gasteiger partial charge >= 0.3 is 0 Å². The van der Waals surface area contributed by atoms with Crippen molar-refractivity contribution in [3.63, 3.8) is 0 Å². The van der Waals surface area contributed by atoms with Gasteiger partial charge in [-0.1, -0.05) is 26.0 Å². The lowest BCUT2D eigenvalue weighted by molar-refractivity contribution is 0.271. The molecule has 2 rings (SSSR count). The van der Waals surface area contributed by atoms with Crippen LogP contribution in [0.2, 0.25) is 0 Å². The molecular formula is C19H30N6O. The predicted octanol–water partition coefficient (Wildman–Crippen LogP) is 2.58. The first-order valence-electron chi connectivity index (χ1n) is 8.95. The van der Waals surface area contributed by atoms with E-state index in [0.717, 1.165) is 30.0 Å². The molecule has 7 nitrogen and oxygen atoms in total. The second kappa shape index (κ2) is 9.22. The largest absolute Gasteiger partial charge is 0.493 e. The maximum atomic E-state index is 5.73. The van der Waals surface area contributed by atoms with Gasteiger partial charge in [0.05, 0.1) is 19.2 Å². The van der Waals surface area contributed by atoms with Crippen molar-refractivity contribution in [1.82, 2.24) is 25.4 Å². The summed E-state index contributed by atoms with van der Waals surface area (Å²) in [6, 6.07) is 8.28. The zero-order valence-corrected chi connectivity index (χ0v) is 16.6. The van der Waals surface area contributed by atoms with Gasteiger partial charge in [0.25, 0.3) is 0 Å². The highest BCUT2D eigenvalue weighted by molar-refractivity contribution is 5.80. The molecule has 0 fully saturated rings. The van der Waals surface area contributed by atoms with Gasteiger partial charge in [-0.25, -0.2) is 0 Å². The molecule has 0 radical (unpaired) electrons. The first-order valence-corrected chi connectivity index (χ1v) is 8.95. The van der Waals surface area contributed by atoms with Crippen LogP contribution >= 0.6 is 0 Å². The van der Waals surface area contributed by atoms with Crippen molar-refractivity contribution >= 4 is 5.96 Å². The molecule has 1 atom stereocenters. The first-order chi connectivity index (χ1) is 12.4. The van der Waals surface area contributed by atoms with Crippen molar-refractivity contribution in [3.8, 4) is 5.75 Å². The van der Waals surface area contributed by atoms with Gasteiger partial charge in [-0.2, -0.15) is 0 Å². The van der Waals surface area contributed by atoms with Crippen LogP contribution in [-0.4, -0.2) is 34.4 Å². The molecule has 1 heterocycles. The molecule has 7 heteroatoms. The minimum atomic E-state index is 0.113. The molecule has 0 aliphatic carbocycles. The van der Waals surface area contributed by atoms with Gasteiger partial charge in [0.2, 0.25) is 0 Å². The molecule has 1 aromatic heterocycles. The highest BCUT2D eigenvalue weighted by atomic mass is 16.5. The van der Waals surface area contributed by atoms with Gasteiger partial charge in [-0.15, -0.1) is 10.2 Å². The maximum absolute atomic E-state index is 5.73. The van der Waals surface area contributed by atoms with Gasteiger partial charge in [-0.05, 0) is 37.5 Å². The molecule has 0 bridgehead atoms. The van der Waals surface area contributed by atoms with Crippen LogP contribution in [0.1, 0.15) is 44.0 Å². The van der Waals surface area contributed by atoms with E-state index in [1.807, 2.05) is 30.7 Å². The summed E-state index contributed by atoms with van der Waals surface area (Å²) >= 11 is 0. The Morgan fingerprint density at radius 3 is 2.42 bits per heavy atom. The topological polar surface area (TPSA) is 76.4 Å². The number of aromatic nitrogens is 3. The number of ether oxygens (including phenoxy) is 1. The second-order valence-electron chi connectivity index (χ2n) is 6.79. The van der Waals surface area contributed by atoms with Gasteiger partial charge in [0.15, 0.2) is 11.8 Å².